The molecule has 0 spiro atoms. The van der Waals surface area contributed by atoms with Crippen LogP contribution in [0.2, 0.25) is 0 Å². The van der Waals surface area contributed by atoms with Crippen LogP contribution in [-0.2, 0) is 20.0 Å². The molecule has 0 unspecified atom stereocenters. The molecule has 4 rings (SSSR count). The molecule has 1 aliphatic rings. The number of aromatic amines is 1. The number of sulfone groups is 1. The molecular weight excluding hydrogens is 410 g/mol. The van der Waals surface area contributed by atoms with E-state index in [9.17, 15) is 13.2 Å². The van der Waals surface area contributed by atoms with Gasteiger partial charge in [0.2, 0.25) is 5.91 Å². The number of nitrogens with zero attached hydrogens (tertiary/aromatic N) is 2. The summed E-state index contributed by atoms with van der Waals surface area (Å²) in [5.74, 6) is -0.0734. The molecule has 0 bridgehead atoms. The van der Waals surface area contributed by atoms with Crippen LogP contribution in [0.4, 0.5) is 0 Å². The van der Waals surface area contributed by atoms with Gasteiger partial charge in [-0.3, -0.25) is 9.89 Å². The molecule has 1 aromatic heterocycles. The average molecular weight is 438 g/mol. The Morgan fingerprint density at radius 1 is 1.06 bits per heavy atom. The van der Waals surface area contributed by atoms with Crippen molar-refractivity contribution in [1.82, 2.24) is 15.1 Å². The third-order valence-corrected chi connectivity index (χ3v) is 7.40. The molecule has 31 heavy (non-hydrogen) atoms. The van der Waals surface area contributed by atoms with Crippen LogP contribution in [0, 0.1) is 0 Å². The predicted molar refractivity (Wildman–Crippen MR) is 120 cm³/mol. The highest BCUT2D eigenvalue weighted by molar-refractivity contribution is 7.90. The number of rotatable bonds is 5. The zero-order valence-corrected chi connectivity index (χ0v) is 18.6. The maximum Gasteiger partial charge on any atom is 0.237 e. The van der Waals surface area contributed by atoms with Gasteiger partial charge in [0.1, 0.15) is 4.90 Å². The van der Waals surface area contributed by atoms with Crippen molar-refractivity contribution in [2.24, 2.45) is 0 Å². The van der Waals surface area contributed by atoms with E-state index in [1.807, 2.05) is 72.5 Å². The third kappa shape index (κ3) is 4.02. The average Bonchev–Trinajstić information content (AvgIpc) is 3.30. The molecule has 3 aromatic rings. The Bertz CT molecular complexity index is 1120. The van der Waals surface area contributed by atoms with E-state index < -0.39 is 15.3 Å². The third-order valence-electron chi connectivity index (χ3n) is 6.28. The van der Waals surface area contributed by atoms with E-state index in [0.29, 0.717) is 18.8 Å². The number of hydrogen-bond acceptors (Lipinski definition) is 4. The van der Waals surface area contributed by atoms with Gasteiger partial charge >= 0.3 is 0 Å². The maximum absolute atomic E-state index is 14.0. The Balaban J connectivity index is 1.69. The lowest BCUT2D eigenvalue weighted by atomic mass is 9.74. The van der Waals surface area contributed by atoms with Crippen molar-refractivity contribution < 1.29 is 13.2 Å². The van der Waals surface area contributed by atoms with Crippen molar-refractivity contribution in [2.75, 3.05) is 19.3 Å². The fraction of sp³-hybridized carbons (Fsp3) is 0.333. The van der Waals surface area contributed by atoms with Crippen molar-refractivity contribution in [3.63, 3.8) is 0 Å². The van der Waals surface area contributed by atoms with Crippen molar-refractivity contribution in [3.05, 3.63) is 83.7 Å². The van der Waals surface area contributed by atoms with Gasteiger partial charge in [-0.25, -0.2) is 8.42 Å². The van der Waals surface area contributed by atoms with Gasteiger partial charge in [-0.05, 0) is 30.9 Å². The van der Waals surface area contributed by atoms with Crippen molar-refractivity contribution in [2.45, 2.75) is 36.0 Å². The Kier molecular flexibility index (Phi) is 5.71. The largest absolute Gasteiger partial charge is 0.341 e. The fourth-order valence-electron chi connectivity index (χ4n) is 4.54. The molecule has 2 heterocycles. The molecule has 7 heteroatoms. The molecule has 0 aliphatic carbocycles. The second kappa shape index (κ2) is 8.30. The van der Waals surface area contributed by atoms with Gasteiger partial charge < -0.3 is 4.90 Å². The minimum Gasteiger partial charge on any atom is -0.341 e. The molecule has 0 radical (unpaired) electrons. The minimum absolute atomic E-state index is 0.0232. The van der Waals surface area contributed by atoms with E-state index in [-0.39, 0.29) is 16.7 Å². The van der Waals surface area contributed by atoms with E-state index in [2.05, 4.69) is 10.2 Å². The van der Waals surface area contributed by atoms with E-state index in [4.69, 9.17) is 0 Å². The van der Waals surface area contributed by atoms with E-state index >= 15 is 0 Å². The summed E-state index contributed by atoms with van der Waals surface area (Å²) in [7, 11) is -3.39. The molecular formula is C24H27N3O3S. The molecule has 6 nitrogen and oxygen atoms in total. The van der Waals surface area contributed by atoms with E-state index in [1.165, 1.54) is 12.5 Å². The zero-order chi connectivity index (χ0) is 22.1. The number of aromatic nitrogens is 2. The fourth-order valence-corrected chi connectivity index (χ4v) is 5.40. The summed E-state index contributed by atoms with van der Waals surface area (Å²) in [6.07, 6.45) is 4.17. The van der Waals surface area contributed by atoms with Crippen molar-refractivity contribution in [3.8, 4) is 0 Å². The van der Waals surface area contributed by atoms with Crippen LogP contribution in [0.3, 0.4) is 0 Å². The summed E-state index contributed by atoms with van der Waals surface area (Å²) in [6, 6.07) is 19.6. The van der Waals surface area contributed by atoms with Gasteiger partial charge in [0.05, 0.1) is 17.3 Å². The first kappa shape index (κ1) is 21.3. The zero-order valence-electron chi connectivity index (χ0n) is 17.8. The molecule has 1 amide bonds. The maximum atomic E-state index is 14.0. The quantitative estimate of drug-likeness (QED) is 0.662. The SMILES string of the molecule is CC(C(=O)N1CCC[C@@H](c2[nH]ncc2S(C)(=O)=O)C1)(c1ccccc1)c1ccccc1. The summed E-state index contributed by atoms with van der Waals surface area (Å²) < 4.78 is 24.3. The number of hydrogen-bond donors (Lipinski definition) is 1. The first-order valence-electron chi connectivity index (χ1n) is 10.5. The topological polar surface area (TPSA) is 83.1 Å². The van der Waals surface area contributed by atoms with E-state index in [0.717, 1.165) is 24.0 Å². The van der Waals surface area contributed by atoms with Crippen LogP contribution >= 0.6 is 0 Å². The van der Waals surface area contributed by atoms with E-state index in [1.54, 1.807) is 0 Å². The number of nitrogens with one attached hydrogen (secondary N) is 1. The van der Waals surface area contributed by atoms with Crippen LogP contribution in [-0.4, -0.2) is 48.8 Å². The molecule has 1 N–H and O–H groups in total. The Morgan fingerprint density at radius 3 is 2.19 bits per heavy atom. The lowest BCUT2D eigenvalue weighted by Crippen LogP contribution is -2.49. The molecule has 1 atom stereocenters. The number of likely N-dealkylation sites (tertiary alicyclic amines) is 1. The highest BCUT2D eigenvalue weighted by Gasteiger charge is 2.41. The number of carbonyl (C=O) groups is 1. The minimum atomic E-state index is -3.39. The number of amides is 1. The smallest absolute Gasteiger partial charge is 0.237 e. The van der Waals surface area contributed by atoms with Crippen LogP contribution in [0.25, 0.3) is 0 Å². The lowest BCUT2D eigenvalue weighted by molar-refractivity contribution is -0.136. The number of benzene rings is 2. The standard InChI is InChI=1S/C24H27N3O3S/c1-24(19-11-5-3-6-12-19,20-13-7-4-8-14-20)23(28)27-15-9-10-18(17-27)22-21(16-25-26-22)31(2,29)30/h3-8,11-14,16,18H,9-10,15,17H2,1-2H3,(H,25,26)/t18-/m1/s1. The summed E-state index contributed by atoms with van der Waals surface area (Å²) in [5, 5.41) is 6.85. The van der Waals surface area contributed by atoms with Gasteiger partial charge in [0.15, 0.2) is 9.84 Å². The van der Waals surface area contributed by atoms with Crippen LogP contribution in [0.1, 0.15) is 42.5 Å². The Hall–Kier alpha value is -2.93. The number of H-pyrrole nitrogens is 1. The van der Waals surface area contributed by atoms with Crippen molar-refractivity contribution in [1.29, 1.82) is 0 Å². The highest BCUT2D eigenvalue weighted by atomic mass is 32.2. The summed E-state index contributed by atoms with van der Waals surface area (Å²) in [5.41, 5.74) is 1.64. The van der Waals surface area contributed by atoms with Gasteiger partial charge in [-0.1, -0.05) is 60.7 Å². The second-order valence-corrected chi connectivity index (χ2v) is 10.4. The lowest BCUT2D eigenvalue weighted by Gasteiger charge is -2.39. The molecule has 1 aliphatic heterocycles. The van der Waals surface area contributed by atoms with Crippen LogP contribution in [0.5, 0.6) is 0 Å². The van der Waals surface area contributed by atoms with Gasteiger partial charge in [-0.2, -0.15) is 5.10 Å². The monoisotopic (exact) mass is 437 g/mol. The molecule has 0 saturated carbocycles. The Morgan fingerprint density at radius 2 is 1.65 bits per heavy atom. The van der Waals surface area contributed by atoms with Gasteiger partial charge in [0.25, 0.3) is 0 Å². The number of carbonyl (C=O) groups excluding carboxylic acids is 1. The second-order valence-electron chi connectivity index (χ2n) is 8.37. The summed E-state index contributed by atoms with van der Waals surface area (Å²) in [6.45, 7) is 3.08. The highest BCUT2D eigenvalue weighted by Crippen LogP contribution is 2.37. The molecule has 1 fully saturated rings. The molecule has 1 saturated heterocycles. The first-order valence-corrected chi connectivity index (χ1v) is 12.3. The predicted octanol–water partition coefficient (Wildman–Crippen LogP) is 3.53. The summed E-state index contributed by atoms with van der Waals surface area (Å²) >= 11 is 0. The van der Waals surface area contributed by atoms with Gasteiger partial charge in [-0.15, -0.1) is 0 Å². The first-order chi connectivity index (χ1) is 14.8. The van der Waals surface area contributed by atoms with Crippen LogP contribution in [0.15, 0.2) is 71.8 Å². The Labute approximate surface area is 183 Å². The summed E-state index contributed by atoms with van der Waals surface area (Å²) in [4.78, 5) is 16.1. The van der Waals surface area contributed by atoms with Gasteiger partial charge in [0, 0.05) is 25.3 Å². The normalized spacial score (nSPS) is 17.5. The van der Waals surface area contributed by atoms with Crippen molar-refractivity contribution >= 4 is 15.7 Å². The van der Waals surface area contributed by atoms with Crippen LogP contribution < -0.4 is 0 Å². The number of piperidine rings is 1. The molecule has 162 valence electrons. The molecule has 2 aromatic carbocycles.